The molecule has 2 N–H and O–H groups in total. The number of aromatic nitrogens is 3. The topological polar surface area (TPSA) is 56.7 Å². The molecule has 0 saturated heterocycles. The Morgan fingerprint density at radius 1 is 1.35 bits per heavy atom. The molecule has 2 aromatic rings. The van der Waals surface area contributed by atoms with E-state index in [-0.39, 0.29) is 6.04 Å². The van der Waals surface area contributed by atoms with E-state index < -0.39 is 0 Å². The second-order valence-electron chi connectivity index (χ2n) is 4.13. The van der Waals surface area contributed by atoms with E-state index in [1.807, 2.05) is 25.3 Å². The maximum atomic E-state index is 5.93. The second-order valence-corrected chi connectivity index (χ2v) is 4.13. The standard InChI is InChI=1S/C13H18N4/c1-3-10-6-5-7-11(8-10)17-9-13(15-16-17)12(14)4-2/h5-9,12H,3-4,14H2,1-2H3. The Balaban J connectivity index is 2.30. The van der Waals surface area contributed by atoms with E-state index in [0.717, 1.165) is 24.2 Å². The van der Waals surface area contributed by atoms with Gasteiger partial charge in [-0.05, 0) is 30.5 Å². The lowest BCUT2D eigenvalue weighted by molar-refractivity contribution is 0.670. The van der Waals surface area contributed by atoms with Crippen LogP contribution in [0, 0.1) is 0 Å². The molecule has 1 aromatic carbocycles. The van der Waals surface area contributed by atoms with Crippen molar-refractivity contribution in [3.8, 4) is 5.69 Å². The van der Waals surface area contributed by atoms with Crippen molar-refractivity contribution in [2.24, 2.45) is 5.73 Å². The fraction of sp³-hybridized carbons (Fsp3) is 0.385. The Hall–Kier alpha value is -1.68. The van der Waals surface area contributed by atoms with E-state index in [1.165, 1.54) is 5.56 Å². The molecule has 0 aliphatic carbocycles. The summed E-state index contributed by atoms with van der Waals surface area (Å²) in [5.41, 5.74) is 9.09. The third-order valence-electron chi connectivity index (χ3n) is 2.91. The zero-order valence-corrected chi connectivity index (χ0v) is 10.3. The smallest absolute Gasteiger partial charge is 0.0998 e. The van der Waals surface area contributed by atoms with Crippen molar-refractivity contribution in [1.29, 1.82) is 0 Å². The zero-order valence-electron chi connectivity index (χ0n) is 10.3. The lowest BCUT2D eigenvalue weighted by Gasteiger charge is -2.03. The van der Waals surface area contributed by atoms with Crippen LogP contribution >= 0.6 is 0 Å². The van der Waals surface area contributed by atoms with Gasteiger partial charge in [-0.2, -0.15) is 0 Å². The Morgan fingerprint density at radius 3 is 2.88 bits per heavy atom. The van der Waals surface area contributed by atoms with E-state index in [0.29, 0.717) is 0 Å². The monoisotopic (exact) mass is 230 g/mol. The lowest BCUT2D eigenvalue weighted by Crippen LogP contribution is -2.08. The van der Waals surface area contributed by atoms with Crippen LogP contribution in [0.15, 0.2) is 30.5 Å². The van der Waals surface area contributed by atoms with Gasteiger partial charge in [-0.3, -0.25) is 0 Å². The molecule has 0 bridgehead atoms. The summed E-state index contributed by atoms with van der Waals surface area (Å²) in [5, 5.41) is 8.22. The Morgan fingerprint density at radius 2 is 2.18 bits per heavy atom. The molecule has 1 aromatic heterocycles. The molecule has 17 heavy (non-hydrogen) atoms. The predicted octanol–water partition coefficient (Wildman–Crippen LogP) is 2.24. The molecule has 0 aliphatic heterocycles. The SMILES string of the molecule is CCc1cccc(-n2cc(C(N)CC)nn2)c1. The Labute approximate surface area is 101 Å². The molecule has 0 radical (unpaired) electrons. The van der Waals surface area contributed by atoms with E-state index >= 15 is 0 Å². The first kappa shape index (κ1) is 11.8. The Kier molecular flexibility index (Phi) is 3.54. The van der Waals surface area contributed by atoms with Gasteiger partial charge in [0.1, 0.15) is 0 Å². The van der Waals surface area contributed by atoms with Crippen molar-refractivity contribution in [1.82, 2.24) is 15.0 Å². The molecule has 0 aliphatic rings. The third-order valence-corrected chi connectivity index (χ3v) is 2.91. The van der Waals surface area contributed by atoms with Gasteiger partial charge in [-0.25, -0.2) is 4.68 Å². The average Bonchev–Trinajstić information content (AvgIpc) is 2.87. The number of rotatable bonds is 4. The highest BCUT2D eigenvalue weighted by atomic mass is 15.4. The number of aryl methyl sites for hydroxylation is 1. The normalized spacial score (nSPS) is 12.6. The number of benzene rings is 1. The first-order valence-corrected chi connectivity index (χ1v) is 6.01. The summed E-state index contributed by atoms with van der Waals surface area (Å²) in [4.78, 5) is 0. The predicted molar refractivity (Wildman–Crippen MR) is 68.0 cm³/mol. The molecule has 0 fully saturated rings. The quantitative estimate of drug-likeness (QED) is 0.876. The first-order valence-electron chi connectivity index (χ1n) is 6.01. The van der Waals surface area contributed by atoms with Gasteiger partial charge in [0.05, 0.1) is 23.6 Å². The van der Waals surface area contributed by atoms with Crippen LogP contribution in [-0.4, -0.2) is 15.0 Å². The van der Waals surface area contributed by atoms with Gasteiger partial charge >= 0.3 is 0 Å². The summed E-state index contributed by atoms with van der Waals surface area (Å²) in [6, 6.07) is 8.26. The average molecular weight is 230 g/mol. The molecule has 1 unspecified atom stereocenters. The van der Waals surface area contributed by atoms with Crippen LogP contribution in [0.25, 0.3) is 5.69 Å². The van der Waals surface area contributed by atoms with Crippen LogP contribution in [0.4, 0.5) is 0 Å². The van der Waals surface area contributed by atoms with Gasteiger partial charge in [0.25, 0.3) is 0 Å². The molecule has 1 heterocycles. The maximum Gasteiger partial charge on any atom is 0.0998 e. The summed E-state index contributed by atoms with van der Waals surface area (Å²) in [5.74, 6) is 0. The third kappa shape index (κ3) is 2.53. The van der Waals surface area contributed by atoms with Crippen LogP contribution in [-0.2, 0) is 6.42 Å². The largest absolute Gasteiger partial charge is 0.323 e. The van der Waals surface area contributed by atoms with E-state index in [9.17, 15) is 0 Å². The second kappa shape index (κ2) is 5.10. The van der Waals surface area contributed by atoms with E-state index in [2.05, 4.69) is 29.4 Å². The molecule has 0 amide bonds. The minimum atomic E-state index is -0.0295. The van der Waals surface area contributed by atoms with E-state index in [1.54, 1.807) is 4.68 Å². The summed E-state index contributed by atoms with van der Waals surface area (Å²) < 4.78 is 1.78. The van der Waals surface area contributed by atoms with Crippen LogP contribution in [0.5, 0.6) is 0 Å². The molecule has 90 valence electrons. The zero-order chi connectivity index (χ0) is 12.3. The molecular formula is C13H18N4. The molecule has 2 rings (SSSR count). The van der Waals surface area contributed by atoms with Gasteiger partial charge < -0.3 is 5.73 Å². The Bertz CT molecular complexity index is 490. The maximum absolute atomic E-state index is 5.93. The fourth-order valence-electron chi connectivity index (χ4n) is 1.70. The van der Waals surface area contributed by atoms with Crippen LogP contribution in [0.1, 0.15) is 37.6 Å². The summed E-state index contributed by atoms with van der Waals surface area (Å²) >= 11 is 0. The summed E-state index contributed by atoms with van der Waals surface area (Å²) in [6.45, 7) is 4.18. The number of hydrogen-bond acceptors (Lipinski definition) is 3. The molecule has 4 nitrogen and oxygen atoms in total. The fourth-order valence-corrected chi connectivity index (χ4v) is 1.70. The van der Waals surface area contributed by atoms with Crippen LogP contribution in [0.3, 0.4) is 0 Å². The highest BCUT2D eigenvalue weighted by molar-refractivity contribution is 5.35. The molecule has 4 heteroatoms. The van der Waals surface area contributed by atoms with Crippen molar-refractivity contribution < 1.29 is 0 Å². The number of hydrogen-bond donors (Lipinski definition) is 1. The molecule has 0 spiro atoms. The van der Waals surface area contributed by atoms with Crippen molar-refractivity contribution in [3.05, 3.63) is 41.7 Å². The lowest BCUT2D eigenvalue weighted by atomic mass is 10.1. The highest BCUT2D eigenvalue weighted by Gasteiger charge is 2.09. The van der Waals surface area contributed by atoms with E-state index in [4.69, 9.17) is 5.73 Å². The summed E-state index contributed by atoms with van der Waals surface area (Å²) in [7, 11) is 0. The molecule has 0 saturated carbocycles. The van der Waals surface area contributed by atoms with Crippen molar-refractivity contribution >= 4 is 0 Å². The summed E-state index contributed by atoms with van der Waals surface area (Å²) in [6.07, 6.45) is 3.79. The van der Waals surface area contributed by atoms with Gasteiger partial charge in [0.2, 0.25) is 0 Å². The van der Waals surface area contributed by atoms with Crippen molar-refractivity contribution in [2.75, 3.05) is 0 Å². The van der Waals surface area contributed by atoms with Gasteiger partial charge in [-0.1, -0.05) is 31.2 Å². The van der Waals surface area contributed by atoms with Crippen molar-refractivity contribution in [2.45, 2.75) is 32.7 Å². The number of nitrogens with zero attached hydrogens (tertiary/aromatic N) is 3. The van der Waals surface area contributed by atoms with Crippen molar-refractivity contribution in [3.63, 3.8) is 0 Å². The minimum absolute atomic E-state index is 0.0295. The van der Waals surface area contributed by atoms with Crippen LogP contribution in [0.2, 0.25) is 0 Å². The number of nitrogens with two attached hydrogens (primary N) is 1. The minimum Gasteiger partial charge on any atom is -0.323 e. The van der Waals surface area contributed by atoms with Gasteiger partial charge in [0.15, 0.2) is 0 Å². The first-order chi connectivity index (χ1) is 8.24. The molecule has 1 atom stereocenters. The molecular weight excluding hydrogens is 212 g/mol. The highest BCUT2D eigenvalue weighted by Crippen LogP contribution is 2.14. The van der Waals surface area contributed by atoms with Gasteiger partial charge in [-0.15, -0.1) is 5.10 Å². The van der Waals surface area contributed by atoms with Gasteiger partial charge in [0, 0.05) is 0 Å². The van der Waals surface area contributed by atoms with Crippen LogP contribution < -0.4 is 5.73 Å².